The molecule has 28 heavy (non-hydrogen) atoms. The van der Waals surface area contributed by atoms with Gasteiger partial charge in [0.05, 0.1) is 22.9 Å². The Hall–Kier alpha value is -2.14. The number of carbonyl (C=O) groups excluding carboxylic acids is 1. The molecule has 0 aromatic carbocycles. The van der Waals surface area contributed by atoms with Gasteiger partial charge in [0, 0.05) is 19.3 Å². The first kappa shape index (κ1) is 20.6. The van der Waals surface area contributed by atoms with Gasteiger partial charge in [0.25, 0.3) is 5.91 Å². The fourth-order valence-electron chi connectivity index (χ4n) is 2.75. The van der Waals surface area contributed by atoms with Gasteiger partial charge in [0.15, 0.2) is 11.3 Å². The van der Waals surface area contributed by atoms with Crippen LogP contribution in [-0.4, -0.2) is 42.2 Å². The number of nitrogens with zero attached hydrogens (tertiary/aromatic N) is 6. The Morgan fingerprint density at radius 1 is 1.39 bits per heavy atom. The van der Waals surface area contributed by atoms with Crippen molar-refractivity contribution in [3.8, 4) is 0 Å². The highest BCUT2D eigenvalue weighted by Crippen LogP contribution is 2.32. The van der Waals surface area contributed by atoms with E-state index < -0.39 is 17.8 Å². The summed E-state index contributed by atoms with van der Waals surface area (Å²) in [7, 11) is 1.51. The zero-order valence-corrected chi connectivity index (χ0v) is 17.4. The number of alkyl halides is 3. The third-order valence-corrected chi connectivity index (χ3v) is 5.10. The minimum absolute atomic E-state index is 0.116. The zero-order valence-electron chi connectivity index (χ0n) is 15.1. The zero-order chi connectivity index (χ0) is 20.8. The summed E-state index contributed by atoms with van der Waals surface area (Å²) >= 11 is 9.55. The first-order chi connectivity index (χ1) is 13.0. The molecule has 0 spiro atoms. The van der Waals surface area contributed by atoms with Crippen molar-refractivity contribution in [2.75, 3.05) is 7.05 Å². The molecule has 0 N–H and O–H groups in total. The molecule has 0 saturated heterocycles. The van der Waals surface area contributed by atoms with Gasteiger partial charge in [-0.05, 0) is 35.8 Å². The van der Waals surface area contributed by atoms with Crippen molar-refractivity contribution in [1.29, 1.82) is 0 Å². The molecule has 3 rings (SSSR count). The predicted molar refractivity (Wildman–Crippen MR) is 99.1 cm³/mol. The van der Waals surface area contributed by atoms with Crippen molar-refractivity contribution in [2.45, 2.75) is 33.1 Å². The topological polar surface area (TPSA) is 68.3 Å². The summed E-state index contributed by atoms with van der Waals surface area (Å²) in [6, 6.07) is 0.852. The average molecular weight is 480 g/mol. The fourth-order valence-corrected chi connectivity index (χ4v) is 3.41. The van der Waals surface area contributed by atoms with E-state index >= 15 is 0 Å². The summed E-state index contributed by atoms with van der Waals surface area (Å²) in [5, 5.41) is 7.76. The number of aryl methyl sites for hydroxylation is 2. The molecule has 1 amide bonds. The molecule has 12 heteroatoms. The molecule has 0 aliphatic heterocycles. The van der Waals surface area contributed by atoms with Gasteiger partial charge >= 0.3 is 6.18 Å². The molecule has 0 unspecified atom stereocenters. The summed E-state index contributed by atoms with van der Waals surface area (Å²) in [5.74, 6) is -0.628. The van der Waals surface area contributed by atoms with Crippen molar-refractivity contribution in [3.05, 3.63) is 44.5 Å². The Morgan fingerprint density at radius 2 is 2.07 bits per heavy atom. The lowest BCUT2D eigenvalue weighted by atomic mass is 10.3. The van der Waals surface area contributed by atoms with Crippen LogP contribution in [0.5, 0.6) is 0 Å². The largest absolute Gasteiger partial charge is 0.433 e. The van der Waals surface area contributed by atoms with Crippen LogP contribution in [0.4, 0.5) is 13.2 Å². The Morgan fingerprint density at radius 3 is 2.68 bits per heavy atom. The van der Waals surface area contributed by atoms with Crippen molar-refractivity contribution < 1.29 is 18.0 Å². The summed E-state index contributed by atoms with van der Waals surface area (Å²) < 4.78 is 43.0. The number of halogens is 5. The summed E-state index contributed by atoms with van der Waals surface area (Å²) in [5.41, 5.74) is -0.713. The first-order valence-corrected chi connectivity index (χ1v) is 9.30. The predicted octanol–water partition coefficient (Wildman–Crippen LogP) is 3.96. The number of hydrogen-bond acceptors (Lipinski definition) is 4. The number of aromatic nitrogens is 5. The van der Waals surface area contributed by atoms with Gasteiger partial charge in [-0.15, -0.1) is 0 Å². The van der Waals surface area contributed by atoms with Gasteiger partial charge in [0.1, 0.15) is 10.7 Å². The Bertz CT molecular complexity index is 1060. The maximum absolute atomic E-state index is 13.3. The molecule has 0 bridgehead atoms. The Labute approximate surface area is 171 Å². The van der Waals surface area contributed by atoms with E-state index in [1.165, 1.54) is 18.9 Å². The van der Waals surface area contributed by atoms with Crippen LogP contribution < -0.4 is 0 Å². The maximum atomic E-state index is 13.3. The van der Waals surface area contributed by atoms with E-state index in [2.05, 4.69) is 31.1 Å². The van der Waals surface area contributed by atoms with Gasteiger partial charge in [-0.2, -0.15) is 23.4 Å². The molecule has 0 radical (unpaired) electrons. The minimum atomic E-state index is -4.67. The number of carbonyl (C=O) groups is 1. The van der Waals surface area contributed by atoms with E-state index in [9.17, 15) is 18.0 Å². The van der Waals surface area contributed by atoms with E-state index in [-0.39, 0.29) is 28.6 Å². The van der Waals surface area contributed by atoms with Gasteiger partial charge in [-0.3, -0.25) is 9.48 Å². The first-order valence-electron chi connectivity index (χ1n) is 8.13. The van der Waals surface area contributed by atoms with Crippen molar-refractivity contribution in [2.24, 2.45) is 0 Å². The van der Waals surface area contributed by atoms with Crippen LogP contribution >= 0.6 is 27.5 Å². The standard InChI is InChI=1S/C16H15BrClF3N6O/c1-4-26-10(9(17)6-22-26)7-25(3)15(28)13-12(18)14-23-8(2)5-11(16(19,20)21)27(14)24-13/h5-6H,4,7H2,1-3H3. The van der Waals surface area contributed by atoms with Gasteiger partial charge < -0.3 is 4.90 Å². The molecule has 0 atom stereocenters. The average Bonchev–Trinajstić information content (AvgIpc) is 3.13. The highest BCUT2D eigenvalue weighted by molar-refractivity contribution is 9.10. The van der Waals surface area contributed by atoms with Crippen molar-refractivity contribution in [3.63, 3.8) is 0 Å². The molecular weight excluding hydrogens is 465 g/mol. The van der Waals surface area contributed by atoms with Crippen LogP contribution in [0.2, 0.25) is 5.02 Å². The molecule has 0 fully saturated rings. The van der Waals surface area contributed by atoms with Crippen LogP contribution in [0.25, 0.3) is 5.65 Å². The molecule has 7 nitrogen and oxygen atoms in total. The molecule has 0 aliphatic rings. The SMILES string of the molecule is CCn1ncc(Br)c1CN(C)C(=O)c1nn2c(C(F)(F)F)cc(C)nc2c1Cl. The van der Waals surface area contributed by atoms with E-state index in [0.29, 0.717) is 15.5 Å². The van der Waals surface area contributed by atoms with Crippen molar-refractivity contribution in [1.82, 2.24) is 29.3 Å². The van der Waals surface area contributed by atoms with Gasteiger partial charge in [-0.1, -0.05) is 11.6 Å². The fraction of sp³-hybridized carbons (Fsp3) is 0.375. The number of hydrogen-bond donors (Lipinski definition) is 0. The third-order valence-electron chi connectivity index (χ3n) is 4.08. The lowest BCUT2D eigenvalue weighted by molar-refractivity contribution is -0.142. The maximum Gasteiger partial charge on any atom is 0.433 e. The molecule has 3 heterocycles. The van der Waals surface area contributed by atoms with E-state index in [4.69, 9.17) is 11.6 Å². The Balaban J connectivity index is 2.02. The number of fused-ring (bicyclic) bond motifs is 1. The molecular formula is C16H15BrClF3N6O. The number of amides is 1. The highest BCUT2D eigenvalue weighted by Gasteiger charge is 2.36. The quantitative estimate of drug-likeness (QED) is 0.568. The highest BCUT2D eigenvalue weighted by atomic mass is 79.9. The van der Waals surface area contributed by atoms with Gasteiger partial charge in [0.2, 0.25) is 0 Å². The monoisotopic (exact) mass is 478 g/mol. The summed E-state index contributed by atoms with van der Waals surface area (Å²) in [6.07, 6.45) is -3.07. The molecule has 0 aliphatic carbocycles. The smallest absolute Gasteiger partial charge is 0.334 e. The van der Waals surface area contributed by atoms with E-state index in [1.54, 1.807) is 10.9 Å². The lowest BCUT2D eigenvalue weighted by Crippen LogP contribution is -2.28. The van der Waals surface area contributed by atoms with Crippen LogP contribution in [0.15, 0.2) is 16.7 Å². The third kappa shape index (κ3) is 3.60. The van der Waals surface area contributed by atoms with E-state index in [0.717, 1.165) is 11.8 Å². The molecule has 3 aromatic rings. The van der Waals surface area contributed by atoms with Gasteiger partial charge in [-0.25, -0.2) is 9.50 Å². The van der Waals surface area contributed by atoms with E-state index in [1.807, 2.05) is 6.92 Å². The lowest BCUT2D eigenvalue weighted by Gasteiger charge is -2.17. The summed E-state index contributed by atoms with van der Waals surface area (Å²) in [4.78, 5) is 18.1. The molecule has 0 saturated carbocycles. The van der Waals surface area contributed by atoms with Crippen LogP contribution in [0.3, 0.4) is 0 Å². The second kappa shape index (κ2) is 7.36. The van der Waals surface area contributed by atoms with Crippen molar-refractivity contribution >= 4 is 39.1 Å². The molecule has 3 aromatic heterocycles. The van der Waals surface area contributed by atoms with Crippen LogP contribution in [-0.2, 0) is 19.3 Å². The molecule has 150 valence electrons. The van der Waals surface area contributed by atoms with Crippen LogP contribution in [0.1, 0.15) is 34.5 Å². The second-order valence-corrected chi connectivity index (χ2v) is 7.33. The second-order valence-electron chi connectivity index (χ2n) is 6.09. The summed E-state index contributed by atoms with van der Waals surface area (Å²) in [6.45, 7) is 4.07. The normalized spacial score (nSPS) is 12.0. The minimum Gasteiger partial charge on any atom is -0.334 e. The number of rotatable bonds is 4. The Kier molecular flexibility index (Phi) is 5.41. The van der Waals surface area contributed by atoms with Crippen LogP contribution in [0, 0.1) is 6.92 Å².